The molecule has 32 heavy (non-hydrogen) atoms. The van der Waals surface area contributed by atoms with Gasteiger partial charge in [-0.1, -0.05) is 12.1 Å². The molecule has 4 aromatic rings. The fourth-order valence-electron chi connectivity index (χ4n) is 3.13. The van der Waals surface area contributed by atoms with E-state index in [9.17, 15) is 9.18 Å². The molecule has 0 unspecified atom stereocenters. The topological polar surface area (TPSA) is 101 Å². The van der Waals surface area contributed by atoms with Gasteiger partial charge in [-0.25, -0.2) is 19.2 Å². The van der Waals surface area contributed by atoms with Gasteiger partial charge in [0.15, 0.2) is 12.4 Å². The van der Waals surface area contributed by atoms with Crippen LogP contribution in [0, 0.1) is 12.7 Å². The van der Waals surface area contributed by atoms with E-state index in [-0.39, 0.29) is 41.1 Å². The Morgan fingerprint density at radius 1 is 1.06 bits per heavy atom. The SMILES string of the molecule is Cc1ccc(N(C)c2ncnc3c(OCC(=O)O)cc(-c4ccc(F)cc4)cc23)nn1.[NaH]. The van der Waals surface area contributed by atoms with Gasteiger partial charge in [0.05, 0.1) is 5.69 Å². The van der Waals surface area contributed by atoms with Crippen LogP contribution in [0.5, 0.6) is 5.75 Å². The van der Waals surface area contributed by atoms with E-state index < -0.39 is 12.6 Å². The summed E-state index contributed by atoms with van der Waals surface area (Å²) in [6.07, 6.45) is 1.38. The van der Waals surface area contributed by atoms with Crippen LogP contribution in [-0.2, 0) is 4.79 Å². The van der Waals surface area contributed by atoms with E-state index in [2.05, 4.69) is 20.2 Å². The van der Waals surface area contributed by atoms with Gasteiger partial charge in [0.2, 0.25) is 0 Å². The van der Waals surface area contributed by atoms with Crippen LogP contribution < -0.4 is 9.64 Å². The van der Waals surface area contributed by atoms with E-state index in [1.165, 1.54) is 18.5 Å². The van der Waals surface area contributed by atoms with Gasteiger partial charge >= 0.3 is 35.5 Å². The number of aliphatic carboxylic acids is 1. The number of carbonyl (C=O) groups is 1. The molecule has 1 N–H and O–H groups in total. The van der Waals surface area contributed by atoms with Crippen molar-refractivity contribution in [1.29, 1.82) is 0 Å². The average Bonchev–Trinajstić information content (AvgIpc) is 2.77. The molecule has 2 aromatic carbocycles. The number of ether oxygens (including phenoxy) is 1. The molecule has 0 spiro atoms. The maximum atomic E-state index is 13.4. The standard InChI is InChI=1S/C22H18FN5O3.Na.H/c1-13-3-8-19(27-26-13)28(2)22-17-9-15(14-4-6-16(23)7-5-14)10-18(31-11-20(29)30)21(17)24-12-25-22;;/h3-10,12H,11H2,1-2H3,(H,29,30);;. The molecule has 0 radical (unpaired) electrons. The van der Waals surface area contributed by atoms with Gasteiger partial charge in [0.1, 0.15) is 29.2 Å². The summed E-state index contributed by atoms with van der Waals surface area (Å²) >= 11 is 0. The molecule has 0 aliphatic carbocycles. The Hall–Kier alpha value is -3.14. The van der Waals surface area contributed by atoms with Gasteiger partial charge in [0.25, 0.3) is 0 Å². The fraction of sp³-hybridized carbons (Fsp3) is 0.136. The van der Waals surface area contributed by atoms with E-state index in [1.54, 1.807) is 30.1 Å². The molecular weight excluding hydrogens is 424 g/mol. The summed E-state index contributed by atoms with van der Waals surface area (Å²) in [5, 5.41) is 18.0. The Kier molecular flexibility index (Phi) is 7.34. The van der Waals surface area contributed by atoms with Crippen LogP contribution in [-0.4, -0.2) is 74.5 Å². The number of fused-ring (bicyclic) bond motifs is 1. The Morgan fingerprint density at radius 3 is 2.47 bits per heavy atom. The maximum absolute atomic E-state index is 13.4. The molecular formula is C22H19FN5NaO3. The fourth-order valence-corrected chi connectivity index (χ4v) is 3.13. The number of benzene rings is 2. The van der Waals surface area contributed by atoms with E-state index in [4.69, 9.17) is 9.84 Å². The molecule has 158 valence electrons. The molecule has 0 amide bonds. The Labute approximate surface area is 205 Å². The van der Waals surface area contributed by atoms with E-state index >= 15 is 0 Å². The third-order valence-electron chi connectivity index (χ3n) is 4.66. The molecule has 0 atom stereocenters. The van der Waals surface area contributed by atoms with Crippen LogP contribution in [0.25, 0.3) is 22.0 Å². The van der Waals surface area contributed by atoms with Crippen molar-refractivity contribution >= 4 is 58.1 Å². The van der Waals surface area contributed by atoms with E-state index in [1.807, 2.05) is 25.1 Å². The van der Waals surface area contributed by atoms with Crippen molar-refractivity contribution in [3.63, 3.8) is 0 Å². The second-order valence-electron chi connectivity index (χ2n) is 6.85. The zero-order chi connectivity index (χ0) is 22.0. The van der Waals surface area contributed by atoms with Gasteiger partial charge in [-0.05, 0) is 54.4 Å². The van der Waals surface area contributed by atoms with Gasteiger partial charge < -0.3 is 14.7 Å². The van der Waals surface area contributed by atoms with E-state index in [0.717, 1.165) is 11.3 Å². The monoisotopic (exact) mass is 443 g/mol. The molecule has 4 rings (SSSR count). The number of hydrogen-bond acceptors (Lipinski definition) is 7. The number of anilines is 2. The molecule has 0 aliphatic rings. The van der Waals surface area contributed by atoms with Crippen molar-refractivity contribution in [1.82, 2.24) is 20.2 Å². The number of aromatic nitrogens is 4. The second-order valence-corrected chi connectivity index (χ2v) is 6.85. The minimum atomic E-state index is -1.11. The van der Waals surface area contributed by atoms with Crippen molar-refractivity contribution in [2.24, 2.45) is 0 Å². The molecule has 2 heterocycles. The molecule has 0 aliphatic heterocycles. The number of carboxylic acid groups (broad SMARTS) is 1. The molecule has 0 fully saturated rings. The number of aryl methyl sites for hydroxylation is 1. The van der Waals surface area contributed by atoms with Crippen LogP contribution in [0.1, 0.15) is 5.69 Å². The summed E-state index contributed by atoms with van der Waals surface area (Å²) in [5.74, 6) is -0.0698. The zero-order valence-corrected chi connectivity index (χ0v) is 16.8. The molecule has 0 bridgehead atoms. The molecule has 0 saturated carbocycles. The first-order valence-corrected chi connectivity index (χ1v) is 9.36. The van der Waals surface area contributed by atoms with E-state index in [0.29, 0.717) is 28.1 Å². The summed E-state index contributed by atoms with van der Waals surface area (Å²) in [5.41, 5.74) is 2.67. The van der Waals surface area contributed by atoms with Crippen molar-refractivity contribution < 1.29 is 19.0 Å². The summed E-state index contributed by atoms with van der Waals surface area (Å²) in [4.78, 5) is 21.5. The van der Waals surface area contributed by atoms with Crippen LogP contribution in [0.4, 0.5) is 16.0 Å². The van der Waals surface area contributed by atoms with Gasteiger partial charge in [-0.3, -0.25) is 0 Å². The Bertz CT molecular complexity index is 1250. The summed E-state index contributed by atoms with van der Waals surface area (Å²) in [7, 11) is 1.80. The van der Waals surface area contributed by atoms with Crippen LogP contribution in [0.3, 0.4) is 0 Å². The van der Waals surface area contributed by atoms with Crippen molar-refractivity contribution in [2.75, 3.05) is 18.6 Å². The molecule has 10 heteroatoms. The number of rotatable bonds is 6. The molecule has 8 nitrogen and oxygen atoms in total. The second kappa shape index (κ2) is 9.99. The number of carboxylic acids is 1. The Morgan fingerprint density at radius 2 is 1.81 bits per heavy atom. The zero-order valence-electron chi connectivity index (χ0n) is 16.8. The summed E-state index contributed by atoms with van der Waals surface area (Å²) < 4.78 is 18.9. The summed E-state index contributed by atoms with van der Waals surface area (Å²) in [6.45, 7) is 1.32. The first-order chi connectivity index (χ1) is 14.9. The van der Waals surface area contributed by atoms with Crippen molar-refractivity contribution in [3.8, 4) is 16.9 Å². The first-order valence-electron chi connectivity index (χ1n) is 9.36. The first kappa shape index (κ1) is 23.5. The third-order valence-corrected chi connectivity index (χ3v) is 4.66. The number of hydrogen-bond donors (Lipinski definition) is 1. The number of nitrogens with zero attached hydrogens (tertiary/aromatic N) is 5. The van der Waals surface area contributed by atoms with Gasteiger partial charge in [-0.15, -0.1) is 5.10 Å². The predicted molar refractivity (Wildman–Crippen MR) is 120 cm³/mol. The molecule has 2 aromatic heterocycles. The van der Waals surface area contributed by atoms with Crippen molar-refractivity contribution in [2.45, 2.75) is 6.92 Å². The van der Waals surface area contributed by atoms with Gasteiger partial charge in [-0.2, -0.15) is 5.10 Å². The minimum absolute atomic E-state index is 0. The Balaban J connectivity index is 0.00000289. The van der Waals surface area contributed by atoms with Crippen molar-refractivity contribution in [3.05, 3.63) is 66.4 Å². The average molecular weight is 443 g/mol. The van der Waals surface area contributed by atoms with Gasteiger partial charge in [0, 0.05) is 12.4 Å². The molecule has 0 saturated heterocycles. The number of halogens is 1. The van der Waals surface area contributed by atoms with Crippen LogP contribution in [0.15, 0.2) is 54.9 Å². The predicted octanol–water partition coefficient (Wildman–Crippen LogP) is 3.12. The summed E-state index contributed by atoms with van der Waals surface area (Å²) in [6, 6.07) is 13.2. The van der Waals surface area contributed by atoms with Crippen LogP contribution >= 0.6 is 0 Å². The normalized spacial score (nSPS) is 10.5. The quantitative estimate of drug-likeness (QED) is 0.454. The third kappa shape index (κ3) is 5.01. The van der Waals surface area contributed by atoms with Crippen LogP contribution in [0.2, 0.25) is 0 Å².